The molecule has 1 aliphatic rings. The van der Waals surface area contributed by atoms with Gasteiger partial charge in [0.2, 0.25) is 0 Å². The van der Waals surface area contributed by atoms with Gasteiger partial charge in [-0.15, -0.1) is 0 Å². The molecule has 4 rings (SSSR count). The first kappa shape index (κ1) is 23.2. The number of rotatable bonds is 4. The summed E-state index contributed by atoms with van der Waals surface area (Å²) in [5.41, 5.74) is 4.41. The highest BCUT2D eigenvalue weighted by molar-refractivity contribution is 6.01. The Kier molecular flexibility index (Phi) is 6.51. The number of amides is 1. The van der Waals surface area contributed by atoms with Gasteiger partial charge >= 0.3 is 0 Å². The predicted octanol–water partition coefficient (Wildman–Crippen LogP) is 4.78. The van der Waals surface area contributed by atoms with Crippen molar-refractivity contribution >= 4 is 17.3 Å². The first-order valence-corrected chi connectivity index (χ1v) is 11.3. The van der Waals surface area contributed by atoms with E-state index in [4.69, 9.17) is 5.26 Å². The highest BCUT2D eigenvalue weighted by Gasteiger charge is 2.27. The number of anilines is 2. The van der Waals surface area contributed by atoms with E-state index in [-0.39, 0.29) is 23.2 Å². The van der Waals surface area contributed by atoms with Crippen molar-refractivity contribution in [1.82, 2.24) is 9.47 Å². The highest BCUT2D eigenvalue weighted by Crippen LogP contribution is 2.31. The summed E-state index contributed by atoms with van der Waals surface area (Å²) in [6.45, 7) is 4.75. The quantitative estimate of drug-likeness (QED) is 0.611. The van der Waals surface area contributed by atoms with Crippen LogP contribution in [0.4, 0.5) is 15.8 Å². The Morgan fingerprint density at radius 3 is 2.41 bits per heavy atom. The molecular weight excluding hydrogens is 431 g/mol. The maximum atomic E-state index is 13.6. The Bertz CT molecular complexity index is 1330. The van der Waals surface area contributed by atoms with E-state index in [1.54, 1.807) is 38.4 Å². The largest absolute Gasteiger partial charge is 0.354 e. The van der Waals surface area contributed by atoms with Crippen molar-refractivity contribution in [3.05, 3.63) is 92.6 Å². The van der Waals surface area contributed by atoms with Crippen LogP contribution in [0.3, 0.4) is 0 Å². The Hall–Kier alpha value is -3.92. The number of likely N-dealkylation sites (tertiary alicyclic amines) is 1. The summed E-state index contributed by atoms with van der Waals surface area (Å²) in [5.74, 6) is -0.102. The van der Waals surface area contributed by atoms with E-state index >= 15 is 0 Å². The second-order valence-corrected chi connectivity index (χ2v) is 8.84. The van der Waals surface area contributed by atoms with Crippen LogP contribution in [0.5, 0.6) is 0 Å². The fourth-order valence-electron chi connectivity index (χ4n) is 4.54. The lowest BCUT2D eigenvalue weighted by atomic mass is 9.89. The monoisotopic (exact) mass is 458 g/mol. The minimum Gasteiger partial charge on any atom is -0.354 e. The molecule has 0 spiro atoms. The molecule has 1 saturated heterocycles. The van der Waals surface area contributed by atoms with Crippen molar-refractivity contribution in [2.45, 2.75) is 32.6 Å². The molecule has 7 heteroatoms. The number of nitriles is 1. The van der Waals surface area contributed by atoms with E-state index in [0.717, 1.165) is 29.7 Å². The van der Waals surface area contributed by atoms with Crippen LogP contribution >= 0.6 is 0 Å². The van der Waals surface area contributed by atoms with Gasteiger partial charge < -0.3 is 14.8 Å². The zero-order valence-corrected chi connectivity index (χ0v) is 19.6. The maximum Gasteiger partial charge on any atom is 0.257 e. The topological polar surface area (TPSA) is 78.1 Å². The van der Waals surface area contributed by atoms with Gasteiger partial charge in [0, 0.05) is 37.6 Å². The summed E-state index contributed by atoms with van der Waals surface area (Å²) >= 11 is 0. The van der Waals surface area contributed by atoms with Crippen LogP contribution in [0, 0.1) is 31.0 Å². The lowest BCUT2D eigenvalue weighted by Gasteiger charge is -2.33. The number of hydrogen-bond donors (Lipinski definition) is 1. The molecule has 0 saturated carbocycles. The number of nitrogens with one attached hydrogen (secondary N) is 1. The third kappa shape index (κ3) is 4.58. The molecule has 0 atom stereocenters. The van der Waals surface area contributed by atoms with Crippen LogP contribution < -0.4 is 10.9 Å². The Morgan fingerprint density at radius 1 is 1.12 bits per heavy atom. The molecule has 0 radical (unpaired) electrons. The van der Waals surface area contributed by atoms with E-state index in [1.165, 1.54) is 16.7 Å². The number of aryl methyl sites for hydroxylation is 2. The van der Waals surface area contributed by atoms with Crippen LogP contribution in [0.2, 0.25) is 0 Å². The molecule has 0 aliphatic carbocycles. The molecular formula is C27H27FN4O2. The zero-order valence-electron chi connectivity index (χ0n) is 19.6. The zero-order chi connectivity index (χ0) is 24.4. The molecule has 2 aromatic carbocycles. The second kappa shape index (κ2) is 9.52. The lowest BCUT2D eigenvalue weighted by molar-refractivity contribution is 0.0713. The average molecular weight is 459 g/mol. The van der Waals surface area contributed by atoms with Crippen molar-refractivity contribution in [3.8, 4) is 6.07 Å². The summed E-state index contributed by atoms with van der Waals surface area (Å²) in [6, 6.07) is 13.9. The molecule has 2 heterocycles. The van der Waals surface area contributed by atoms with Crippen LogP contribution in [-0.4, -0.2) is 28.5 Å². The molecule has 1 aliphatic heterocycles. The third-order valence-electron chi connectivity index (χ3n) is 6.58. The molecule has 174 valence electrons. The predicted molar refractivity (Wildman–Crippen MR) is 130 cm³/mol. The first-order valence-electron chi connectivity index (χ1n) is 11.3. The van der Waals surface area contributed by atoms with Crippen molar-refractivity contribution in [2.75, 3.05) is 18.4 Å². The number of aromatic nitrogens is 1. The SMILES string of the molecule is Cc1cc(C#N)ccc1Nc1c(C(=O)N2CCC(c3ccc(F)cc3)CC2)cn(C)c(=O)c1C. The fraction of sp³-hybridized carbons (Fsp3) is 0.296. The minimum atomic E-state index is -0.251. The minimum absolute atomic E-state index is 0.134. The van der Waals surface area contributed by atoms with E-state index in [0.29, 0.717) is 35.5 Å². The maximum absolute atomic E-state index is 13.6. The molecule has 1 N–H and O–H groups in total. The van der Waals surface area contributed by atoms with Crippen molar-refractivity contribution < 1.29 is 9.18 Å². The summed E-state index contributed by atoms with van der Waals surface area (Å²) in [6.07, 6.45) is 3.17. The van der Waals surface area contributed by atoms with Gasteiger partial charge in [-0.05, 0) is 74.1 Å². The van der Waals surface area contributed by atoms with Crippen LogP contribution in [0.15, 0.2) is 53.5 Å². The molecule has 1 amide bonds. The molecule has 0 bridgehead atoms. The van der Waals surface area contributed by atoms with Crippen molar-refractivity contribution in [1.29, 1.82) is 5.26 Å². The second-order valence-electron chi connectivity index (χ2n) is 8.84. The third-order valence-corrected chi connectivity index (χ3v) is 6.58. The molecule has 34 heavy (non-hydrogen) atoms. The summed E-state index contributed by atoms with van der Waals surface area (Å²) in [4.78, 5) is 28.1. The summed E-state index contributed by atoms with van der Waals surface area (Å²) < 4.78 is 14.7. The highest BCUT2D eigenvalue weighted by atomic mass is 19.1. The van der Waals surface area contributed by atoms with Gasteiger partial charge in [-0.25, -0.2) is 4.39 Å². The molecule has 1 aromatic heterocycles. The number of piperidine rings is 1. The number of nitrogens with zero attached hydrogens (tertiary/aromatic N) is 3. The molecule has 0 unspecified atom stereocenters. The molecule has 3 aromatic rings. The van der Waals surface area contributed by atoms with E-state index < -0.39 is 0 Å². The normalized spacial score (nSPS) is 14.0. The average Bonchev–Trinajstić information content (AvgIpc) is 2.85. The first-order chi connectivity index (χ1) is 16.3. The van der Waals surface area contributed by atoms with Crippen molar-refractivity contribution in [3.63, 3.8) is 0 Å². The number of halogens is 1. The number of benzene rings is 2. The van der Waals surface area contributed by atoms with E-state index in [9.17, 15) is 14.0 Å². The van der Waals surface area contributed by atoms with Gasteiger partial charge in [-0.3, -0.25) is 9.59 Å². The number of pyridine rings is 1. The van der Waals surface area contributed by atoms with Gasteiger partial charge in [-0.1, -0.05) is 12.1 Å². The smallest absolute Gasteiger partial charge is 0.257 e. The Labute approximate surface area is 198 Å². The van der Waals surface area contributed by atoms with Crippen molar-refractivity contribution in [2.24, 2.45) is 7.05 Å². The fourth-order valence-corrected chi connectivity index (χ4v) is 4.54. The van der Waals surface area contributed by atoms with Gasteiger partial charge in [0.15, 0.2) is 0 Å². The van der Waals surface area contributed by atoms with E-state index in [2.05, 4.69) is 11.4 Å². The molecule has 1 fully saturated rings. The summed E-state index contributed by atoms with van der Waals surface area (Å²) in [5, 5.41) is 12.4. The number of hydrogen-bond acceptors (Lipinski definition) is 4. The van der Waals surface area contributed by atoms with Crippen LogP contribution in [-0.2, 0) is 7.05 Å². The van der Waals surface area contributed by atoms with Gasteiger partial charge in [0.1, 0.15) is 5.82 Å². The van der Waals surface area contributed by atoms with Gasteiger partial charge in [0.05, 0.1) is 22.9 Å². The number of carbonyl (C=O) groups is 1. The Morgan fingerprint density at radius 2 is 1.79 bits per heavy atom. The molecule has 6 nitrogen and oxygen atoms in total. The van der Waals surface area contributed by atoms with Gasteiger partial charge in [-0.2, -0.15) is 5.26 Å². The Balaban J connectivity index is 1.60. The van der Waals surface area contributed by atoms with Crippen LogP contribution in [0.1, 0.15) is 51.4 Å². The summed E-state index contributed by atoms with van der Waals surface area (Å²) in [7, 11) is 1.64. The van der Waals surface area contributed by atoms with E-state index in [1.807, 2.05) is 24.0 Å². The standard InChI is InChI=1S/C27H27FN4O2/c1-17-14-19(15-29)4-9-24(17)30-25-18(2)26(33)31(3)16-23(25)27(34)32-12-10-21(11-13-32)20-5-7-22(28)8-6-20/h4-9,14,16,21,30H,10-13H2,1-3H3. The van der Waals surface area contributed by atoms with Crippen LogP contribution in [0.25, 0.3) is 0 Å². The number of carbonyl (C=O) groups excluding carboxylic acids is 1. The lowest BCUT2D eigenvalue weighted by Crippen LogP contribution is -2.39. The van der Waals surface area contributed by atoms with Gasteiger partial charge in [0.25, 0.3) is 11.5 Å².